The number of rotatable bonds is 8. The zero-order valence-electron chi connectivity index (χ0n) is 10.1. The zero-order chi connectivity index (χ0) is 11.9. The van der Waals surface area contributed by atoms with Gasteiger partial charge in [0.25, 0.3) is 0 Å². The van der Waals surface area contributed by atoms with Gasteiger partial charge in [-0.25, -0.2) is 0 Å². The Bertz CT molecular complexity index is 178. The topological polar surface area (TPSA) is 65.0 Å². The zero-order valence-corrected chi connectivity index (χ0v) is 10.1. The molecule has 0 amide bonds. The SMILES string of the molecule is CNCC1(CN(CCO)CCO)CCOC1. The third-order valence-electron chi connectivity index (χ3n) is 3.13. The van der Waals surface area contributed by atoms with Crippen LogP contribution in [0.5, 0.6) is 0 Å². The van der Waals surface area contributed by atoms with Crippen molar-refractivity contribution < 1.29 is 14.9 Å². The number of aliphatic hydroxyl groups is 2. The van der Waals surface area contributed by atoms with Crippen molar-refractivity contribution in [2.45, 2.75) is 6.42 Å². The Hall–Kier alpha value is -0.200. The lowest BCUT2D eigenvalue weighted by Gasteiger charge is -2.33. The van der Waals surface area contributed by atoms with Crippen molar-refractivity contribution in [1.82, 2.24) is 10.2 Å². The molecule has 0 aromatic rings. The third-order valence-corrected chi connectivity index (χ3v) is 3.13. The number of hydrogen-bond acceptors (Lipinski definition) is 5. The van der Waals surface area contributed by atoms with E-state index < -0.39 is 0 Å². The molecule has 1 rings (SSSR count). The molecule has 1 aliphatic heterocycles. The first kappa shape index (κ1) is 13.9. The summed E-state index contributed by atoms with van der Waals surface area (Å²) in [7, 11) is 1.95. The molecule has 0 bridgehead atoms. The lowest BCUT2D eigenvalue weighted by molar-refractivity contribution is 0.0864. The highest BCUT2D eigenvalue weighted by molar-refractivity contribution is 4.88. The van der Waals surface area contributed by atoms with Gasteiger partial charge in [-0.3, -0.25) is 4.90 Å². The first-order valence-electron chi connectivity index (χ1n) is 5.93. The summed E-state index contributed by atoms with van der Waals surface area (Å²) in [5.74, 6) is 0. The van der Waals surface area contributed by atoms with Crippen LogP contribution >= 0.6 is 0 Å². The van der Waals surface area contributed by atoms with Crippen molar-refractivity contribution in [1.29, 1.82) is 0 Å². The minimum Gasteiger partial charge on any atom is -0.395 e. The maximum Gasteiger partial charge on any atom is 0.0558 e. The van der Waals surface area contributed by atoms with Crippen LogP contribution in [0.15, 0.2) is 0 Å². The van der Waals surface area contributed by atoms with Crippen LogP contribution in [-0.4, -0.2) is 74.8 Å². The smallest absolute Gasteiger partial charge is 0.0558 e. The molecule has 96 valence electrons. The molecule has 1 saturated heterocycles. The monoisotopic (exact) mass is 232 g/mol. The quantitative estimate of drug-likeness (QED) is 0.496. The second-order valence-corrected chi connectivity index (χ2v) is 4.56. The van der Waals surface area contributed by atoms with Crippen LogP contribution < -0.4 is 5.32 Å². The molecule has 0 aliphatic carbocycles. The summed E-state index contributed by atoms with van der Waals surface area (Å²) in [5.41, 5.74) is 0.138. The standard InChI is InChI=1S/C11H24N2O3/c1-12-8-11(2-7-16-10-11)9-13(3-5-14)4-6-15/h12,14-15H,2-10H2,1H3. The molecule has 1 heterocycles. The van der Waals surface area contributed by atoms with Gasteiger partial charge in [-0.15, -0.1) is 0 Å². The van der Waals surface area contributed by atoms with E-state index in [1.54, 1.807) is 0 Å². The van der Waals surface area contributed by atoms with Gasteiger partial charge in [0.05, 0.1) is 19.8 Å². The lowest BCUT2D eigenvalue weighted by Crippen LogP contribution is -2.45. The first-order valence-corrected chi connectivity index (χ1v) is 5.93. The van der Waals surface area contributed by atoms with E-state index in [1.807, 2.05) is 7.05 Å². The summed E-state index contributed by atoms with van der Waals surface area (Å²) in [6.45, 7) is 4.87. The molecule has 16 heavy (non-hydrogen) atoms. The molecule has 1 atom stereocenters. The van der Waals surface area contributed by atoms with Crippen molar-refractivity contribution in [3.05, 3.63) is 0 Å². The predicted octanol–water partition coefficient (Wildman–Crippen LogP) is -1.10. The van der Waals surface area contributed by atoms with E-state index in [2.05, 4.69) is 10.2 Å². The summed E-state index contributed by atoms with van der Waals surface area (Å²) in [4.78, 5) is 2.10. The molecule has 0 radical (unpaired) electrons. The fraction of sp³-hybridized carbons (Fsp3) is 1.00. The van der Waals surface area contributed by atoms with Crippen molar-refractivity contribution in [3.63, 3.8) is 0 Å². The summed E-state index contributed by atoms with van der Waals surface area (Å²) in [5, 5.41) is 21.2. The first-order chi connectivity index (χ1) is 7.76. The highest BCUT2D eigenvalue weighted by atomic mass is 16.5. The summed E-state index contributed by atoms with van der Waals surface area (Å²) in [6, 6.07) is 0. The Balaban J connectivity index is 2.50. The Labute approximate surface area is 97.4 Å². The summed E-state index contributed by atoms with van der Waals surface area (Å²) < 4.78 is 5.48. The van der Waals surface area contributed by atoms with Crippen LogP contribution in [0.3, 0.4) is 0 Å². The number of hydrogen-bond donors (Lipinski definition) is 3. The number of nitrogens with one attached hydrogen (secondary N) is 1. The average Bonchev–Trinajstić information content (AvgIpc) is 2.68. The lowest BCUT2D eigenvalue weighted by atomic mass is 9.86. The average molecular weight is 232 g/mol. The molecule has 1 unspecified atom stereocenters. The summed E-state index contributed by atoms with van der Waals surface area (Å²) >= 11 is 0. The van der Waals surface area contributed by atoms with Gasteiger partial charge in [-0.2, -0.15) is 0 Å². The maximum absolute atomic E-state index is 8.98. The second-order valence-electron chi connectivity index (χ2n) is 4.56. The Morgan fingerprint density at radius 1 is 1.31 bits per heavy atom. The Morgan fingerprint density at radius 2 is 2.00 bits per heavy atom. The molecule has 3 N–H and O–H groups in total. The van der Waals surface area contributed by atoms with E-state index in [0.717, 1.165) is 32.7 Å². The van der Waals surface area contributed by atoms with Gasteiger partial charge in [0.2, 0.25) is 0 Å². The number of ether oxygens (including phenoxy) is 1. The highest BCUT2D eigenvalue weighted by Gasteiger charge is 2.35. The van der Waals surface area contributed by atoms with E-state index in [9.17, 15) is 0 Å². The second kappa shape index (κ2) is 7.19. The van der Waals surface area contributed by atoms with E-state index in [4.69, 9.17) is 14.9 Å². The fourth-order valence-electron chi connectivity index (χ4n) is 2.37. The maximum atomic E-state index is 8.98. The summed E-state index contributed by atoms with van der Waals surface area (Å²) in [6.07, 6.45) is 1.04. The molecule has 0 spiro atoms. The molecular weight excluding hydrogens is 208 g/mol. The van der Waals surface area contributed by atoms with Crippen LogP contribution in [0.25, 0.3) is 0 Å². The van der Waals surface area contributed by atoms with Gasteiger partial charge >= 0.3 is 0 Å². The van der Waals surface area contributed by atoms with Crippen molar-refractivity contribution in [3.8, 4) is 0 Å². The van der Waals surface area contributed by atoms with E-state index in [-0.39, 0.29) is 18.6 Å². The van der Waals surface area contributed by atoms with E-state index >= 15 is 0 Å². The minimum absolute atomic E-state index is 0.135. The van der Waals surface area contributed by atoms with Gasteiger partial charge in [0.1, 0.15) is 0 Å². The highest BCUT2D eigenvalue weighted by Crippen LogP contribution is 2.28. The predicted molar refractivity (Wildman–Crippen MR) is 62.4 cm³/mol. The van der Waals surface area contributed by atoms with Crippen LogP contribution in [-0.2, 0) is 4.74 Å². The molecule has 0 aromatic heterocycles. The Morgan fingerprint density at radius 3 is 2.44 bits per heavy atom. The van der Waals surface area contributed by atoms with Crippen molar-refractivity contribution >= 4 is 0 Å². The normalized spacial score (nSPS) is 25.5. The van der Waals surface area contributed by atoms with E-state index in [0.29, 0.717) is 13.1 Å². The molecule has 0 saturated carbocycles. The minimum atomic E-state index is 0.135. The number of nitrogens with zero attached hydrogens (tertiary/aromatic N) is 1. The van der Waals surface area contributed by atoms with E-state index in [1.165, 1.54) is 0 Å². The van der Waals surface area contributed by atoms with Gasteiger partial charge in [0.15, 0.2) is 0 Å². The van der Waals surface area contributed by atoms with Gasteiger partial charge in [0, 0.05) is 38.2 Å². The molecule has 1 fully saturated rings. The van der Waals surface area contributed by atoms with Crippen molar-refractivity contribution in [2.24, 2.45) is 5.41 Å². The Kier molecular flexibility index (Phi) is 6.23. The van der Waals surface area contributed by atoms with Crippen LogP contribution in [0.4, 0.5) is 0 Å². The van der Waals surface area contributed by atoms with Crippen LogP contribution in [0, 0.1) is 5.41 Å². The van der Waals surface area contributed by atoms with Crippen LogP contribution in [0.2, 0.25) is 0 Å². The molecular formula is C11H24N2O3. The number of aliphatic hydroxyl groups excluding tert-OH is 2. The molecule has 5 nitrogen and oxygen atoms in total. The molecule has 1 aliphatic rings. The van der Waals surface area contributed by atoms with Crippen molar-refractivity contribution in [2.75, 3.05) is 59.7 Å². The van der Waals surface area contributed by atoms with Gasteiger partial charge in [-0.05, 0) is 13.5 Å². The molecule has 0 aromatic carbocycles. The fourth-order valence-corrected chi connectivity index (χ4v) is 2.37. The third kappa shape index (κ3) is 3.99. The van der Waals surface area contributed by atoms with Gasteiger partial charge in [-0.1, -0.05) is 0 Å². The van der Waals surface area contributed by atoms with Gasteiger partial charge < -0.3 is 20.3 Å². The van der Waals surface area contributed by atoms with Crippen LogP contribution in [0.1, 0.15) is 6.42 Å². The molecule has 5 heteroatoms. The largest absolute Gasteiger partial charge is 0.395 e.